The van der Waals surface area contributed by atoms with Crippen LogP contribution in [-0.2, 0) is 0 Å². The van der Waals surface area contributed by atoms with Crippen molar-refractivity contribution in [1.82, 2.24) is 19.5 Å². The molecule has 0 atom stereocenters. The molecule has 4 heteroatoms. The number of hydrogen-bond donors (Lipinski definition) is 0. The second-order valence-corrected chi connectivity index (χ2v) is 14.0. The van der Waals surface area contributed by atoms with Crippen LogP contribution in [0.5, 0.6) is 0 Å². The monoisotopic (exact) mass is 700 g/mol. The molecule has 0 aliphatic heterocycles. The van der Waals surface area contributed by atoms with Gasteiger partial charge >= 0.3 is 0 Å². The van der Waals surface area contributed by atoms with Crippen molar-refractivity contribution in [3.05, 3.63) is 194 Å². The molecule has 11 aromatic rings. The Labute approximate surface area is 317 Å². The SMILES string of the molecule is c1ccc(-c2nc(-c3ccccc3)nc(-c3ccc(-n4c5cc6ccccc6cc5c5c6ccccc6ccc54)c4c(-c5ccccc5)cccc34)n2)cc1. The molecule has 0 fully saturated rings. The van der Waals surface area contributed by atoms with Crippen molar-refractivity contribution in [3.8, 4) is 51.0 Å². The third kappa shape index (κ3) is 5.11. The van der Waals surface area contributed by atoms with Gasteiger partial charge in [-0.15, -0.1) is 0 Å². The van der Waals surface area contributed by atoms with Crippen LogP contribution in [0, 0.1) is 0 Å². The minimum absolute atomic E-state index is 0.633. The van der Waals surface area contributed by atoms with Crippen molar-refractivity contribution in [1.29, 1.82) is 0 Å². The molecule has 0 aliphatic rings. The molecule has 2 heterocycles. The third-order valence-electron chi connectivity index (χ3n) is 10.8. The first-order valence-electron chi connectivity index (χ1n) is 18.6. The van der Waals surface area contributed by atoms with Gasteiger partial charge in [0.1, 0.15) is 0 Å². The zero-order valence-corrected chi connectivity index (χ0v) is 29.8. The maximum absolute atomic E-state index is 5.18. The summed E-state index contributed by atoms with van der Waals surface area (Å²) in [7, 11) is 0. The van der Waals surface area contributed by atoms with Crippen LogP contribution >= 0.6 is 0 Å². The lowest BCUT2D eigenvalue weighted by Crippen LogP contribution is -2.02. The van der Waals surface area contributed by atoms with Crippen molar-refractivity contribution in [2.75, 3.05) is 0 Å². The van der Waals surface area contributed by atoms with Crippen LogP contribution in [0.1, 0.15) is 0 Å². The van der Waals surface area contributed by atoms with Crippen LogP contribution in [0.2, 0.25) is 0 Å². The number of fused-ring (bicyclic) bond motifs is 7. The topological polar surface area (TPSA) is 43.6 Å². The highest BCUT2D eigenvalue weighted by atomic mass is 15.0. The molecule has 0 radical (unpaired) electrons. The smallest absolute Gasteiger partial charge is 0.164 e. The first kappa shape index (κ1) is 31.1. The van der Waals surface area contributed by atoms with E-state index < -0.39 is 0 Å². The molecule has 0 amide bonds. The second-order valence-electron chi connectivity index (χ2n) is 14.0. The molecule has 9 aromatic carbocycles. The zero-order valence-electron chi connectivity index (χ0n) is 29.8. The Morgan fingerprint density at radius 3 is 1.56 bits per heavy atom. The maximum Gasteiger partial charge on any atom is 0.164 e. The van der Waals surface area contributed by atoms with E-state index in [0.29, 0.717) is 17.5 Å². The van der Waals surface area contributed by atoms with E-state index in [2.05, 4.69) is 162 Å². The van der Waals surface area contributed by atoms with Gasteiger partial charge in [-0.05, 0) is 68.4 Å². The lowest BCUT2D eigenvalue weighted by atomic mass is 9.93. The summed E-state index contributed by atoms with van der Waals surface area (Å²) in [6.07, 6.45) is 0. The normalized spacial score (nSPS) is 11.6. The summed E-state index contributed by atoms with van der Waals surface area (Å²) in [5.74, 6) is 1.91. The first-order chi connectivity index (χ1) is 27.3. The quantitative estimate of drug-likeness (QED) is 0.179. The van der Waals surface area contributed by atoms with Gasteiger partial charge in [-0.3, -0.25) is 0 Å². The van der Waals surface area contributed by atoms with E-state index in [-0.39, 0.29) is 0 Å². The Bertz CT molecular complexity index is 3180. The Morgan fingerprint density at radius 1 is 0.309 bits per heavy atom. The molecular weight excluding hydrogens is 669 g/mol. The summed E-state index contributed by atoms with van der Waals surface area (Å²) in [5.41, 5.74) is 8.56. The van der Waals surface area contributed by atoms with E-state index in [1.807, 2.05) is 36.4 Å². The fourth-order valence-electron chi connectivity index (χ4n) is 8.29. The van der Waals surface area contributed by atoms with Crippen molar-refractivity contribution in [3.63, 3.8) is 0 Å². The molecule has 4 nitrogen and oxygen atoms in total. The molecule has 11 rings (SSSR count). The van der Waals surface area contributed by atoms with Crippen LogP contribution in [-0.4, -0.2) is 19.5 Å². The predicted molar refractivity (Wildman–Crippen MR) is 228 cm³/mol. The van der Waals surface area contributed by atoms with Gasteiger partial charge in [0.15, 0.2) is 17.5 Å². The Kier molecular flexibility index (Phi) is 7.14. The van der Waals surface area contributed by atoms with E-state index in [1.165, 1.54) is 43.4 Å². The Morgan fingerprint density at radius 2 is 0.873 bits per heavy atom. The highest BCUT2D eigenvalue weighted by molar-refractivity contribution is 6.24. The van der Waals surface area contributed by atoms with E-state index in [0.717, 1.165) is 44.3 Å². The number of nitrogens with zero attached hydrogens (tertiary/aromatic N) is 4. The molecule has 0 bridgehead atoms. The molecule has 2 aromatic heterocycles. The fourth-order valence-corrected chi connectivity index (χ4v) is 8.29. The van der Waals surface area contributed by atoms with Gasteiger partial charge in [-0.2, -0.15) is 0 Å². The number of rotatable bonds is 5. The summed E-state index contributed by atoms with van der Waals surface area (Å²) in [6.45, 7) is 0. The lowest BCUT2D eigenvalue weighted by molar-refractivity contribution is 1.08. The van der Waals surface area contributed by atoms with E-state index in [4.69, 9.17) is 15.0 Å². The highest BCUT2D eigenvalue weighted by Crippen LogP contribution is 2.44. The van der Waals surface area contributed by atoms with Crippen molar-refractivity contribution in [2.24, 2.45) is 0 Å². The average molecular weight is 701 g/mol. The van der Waals surface area contributed by atoms with Gasteiger partial charge in [0, 0.05) is 32.8 Å². The Hall–Kier alpha value is -7.43. The van der Waals surface area contributed by atoms with Gasteiger partial charge < -0.3 is 4.57 Å². The maximum atomic E-state index is 5.18. The van der Waals surface area contributed by atoms with Crippen LogP contribution in [0.4, 0.5) is 0 Å². The summed E-state index contributed by atoms with van der Waals surface area (Å²) < 4.78 is 2.47. The fraction of sp³-hybridized carbons (Fsp3) is 0. The van der Waals surface area contributed by atoms with Gasteiger partial charge in [0.05, 0.1) is 16.7 Å². The van der Waals surface area contributed by atoms with Crippen LogP contribution in [0.15, 0.2) is 194 Å². The molecule has 0 aliphatic carbocycles. The van der Waals surface area contributed by atoms with Crippen molar-refractivity contribution in [2.45, 2.75) is 0 Å². The average Bonchev–Trinajstić information content (AvgIpc) is 3.59. The second kappa shape index (κ2) is 12.6. The molecule has 55 heavy (non-hydrogen) atoms. The lowest BCUT2D eigenvalue weighted by Gasteiger charge is -2.18. The molecular formula is C51H32N4. The first-order valence-corrected chi connectivity index (χ1v) is 18.6. The van der Waals surface area contributed by atoms with Crippen molar-refractivity contribution >= 4 is 54.1 Å². The van der Waals surface area contributed by atoms with Crippen molar-refractivity contribution < 1.29 is 0 Å². The Balaban J connectivity index is 1.27. The van der Waals surface area contributed by atoms with E-state index in [9.17, 15) is 0 Å². The summed E-state index contributed by atoms with van der Waals surface area (Å²) in [4.78, 5) is 15.4. The van der Waals surface area contributed by atoms with Crippen LogP contribution in [0.25, 0.3) is 105 Å². The summed E-state index contributed by atoms with van der Waals surface area (Å²) in [6, 6.07) is 68.8. The molecule has 0 unspecified atom stereocenters. The molecule has 256 valence electrons. The molecule has 0 N–H and O–H groups in total. The van der Waals surface area contributed by atoms with Gasteiger partial charge in [0.2, 0.25) is 0 Å². The number of aromatic nitrogens is 4. The van der Waals surface area contributed by atoms with E-state index in [1.54, 1.807) is 0 Å². The largest absolute Gasteiger partial charge is 0.309 e. The number of hydrogen-bond acceptors (Lipinski definition) is 3. The third-order valence-corrected chi connectivity index (χ3v) is 10.8. The molecule has 0 spiro atoms. The minimum atomic E-state index is 0.633. The molecule has 0 saturated heterocycles. The zero-order chi connectivity index (χ0) is 36.3. The van der Waals surface area contributed by atoms with Crippen LogP contribution < -0.4 is 0 Å². The van der Waals surface area contributed by atoms with E-state index >= 15 is 0 Å². The predicted octanol–water partition coefficient (Wildman–Crippen LogP) is 13.1. The van der Waals surface area contributed by atoms with Gasteiger partial charge in [0.25, 0.3) is 0 Å². The highest BCUT2D eigenvalue weighted by Gasteiger charge is 2.22. The molecule has 0 saturated carbocycles. The van der Waals surface area contributed by atoms with Crippen LogP contribution in [0.3, 0.4) is 0 Å². The standard InChI is InChI=1S/C51H32N4/c1-4-15-33(16-5-1)40-25-14-26-41-42(51-53-49(35-18-6-2-7-19-35)52-50(54-51)36-20-8-3-9-21-36)28-30-45(47(40)41)55-44-29-27-34-17-12-13-24-39(34)48(44)43-31-37-22-10-11-23-38(37)32-46(43)55/h1-32H. The summed E-state index contributed by atoms with van der Waals surface area (Å²) in [5, 5.41) is 9.60. The minimum Gasteiger partial charge on any atom is -0.309 e. The van der Waals surface area contributed by atoms with Gasteiger partial charge in [-0.25, -0.2) is 15.0 Å². The number of benzene rings is 9. The van der Waals surface area contributed by atoms with Gasteiger partial charge in [-0.1, -0.05) is 164 Å². The summed E-state index contributed by atoms with van der Waals surface area (Å²) >= 11 is 0.